The van der Waals surface area contributed by atoms with Gasteiger partial charge in [0.05, 0.1) is 5.52 Å². The van der Waals surface area contributed by atoms with Crippen molar-refractivity contribution in [3.8, 4) is 0 Å². The standard InChI is InChI=1S/C13H16N2O2/c1-6(2)8-4-5-9(14)10-7(3)11(13(16)17)15-12(8)10/h4-6,15H,14H2,1-3H3,(H,16,17). The Balaban J connectivity index is 2.88. The number of aromatic nitrogens is 1. The van der Waals surface area contributed by atoms with Gasteiger partial charge in [0.2, 0.25) is 0 Å². The Kier molecular flexibility index (Phi) is 2.58. The van der Waals surface area contributed by atoms with Crippen LogP contribution >= 0.6 is 0 Å². The van der Waals surface area contributed by atoms with Gasteiger partial charge < -0.3 is 15.8 Å². The number of aromatic carboxylic acids is 1. The second-order valence-corrected chi connectivity index (χ2v) is 4.58. The molecule has 17 heavy (non-hydrogen) atoms. The molecule has 0 unspecified atom stereocenters. The molecule has 4 heteroatoms. The Hall–Kier alpha value is -1.97. The zero-order valence-electron chi connectivity index (χ0n) is 10.2. The molecule has 1 aromatic heterocycles. The van der Waals surface area contributed by atoms with Crippen LogP contribution in [-0.4, -0.2) is 16.1 Å². The molecule has 0 aliphatic carbocycles. The van der Waals surface area contributed by atoms with E-state index < -0.39 is 5.97 Å². The van der Waals surface area contributed by atoms with Crippen LogP contribution in [0.2, 0.25) is 0 Å². The number of anilines is 1. The summed E-state index contributed by atoms with van der Waals surface area (Å²) in [4.78, 5) is 14.1. The van der Waals surface area contributed by atoms with E-state index in [0.717, 1.165) is 16.5 Å². The van der Waals surface area contributed by atoms with Crippen molar-refractivity contribution >= 4 is 22.6 Å². The number of nitrogens with two attached hydrogens (primary N) is 1. The van der Waals surface area contributed by atoms with Gasteiger partial charge in [-0.1, -0.05) is 19.9 Å². The maximum atomic E-state index is 11.1. The fraction of sp³-hybridized carbons (Fsp3) is 0.308. The Labute approximate surface area is 99.4 Å². The third kappa shape index (κ3) is 1.65. The largest absolute Gasteiger partial charge is 0.477 e. The van der Waals surface area contributed by atoms with Gasteiger partial charge in [-0.3, -0.25) is 0 Å². The van der Waals surface area contributed by atoms with E-state index in [-0.39, 0.29) is 5.69 Å². The summed E-state index contributed by atoms with van der Waals surface area (Å²) in [6, 6.07) is 3.79. The average Bonchev–Trinajstić information content (AvgIpc) is 2.57. The quantitative estimate of drug-likeness (QED) is 0.696. The Morgan fingerprint density at radius 1 is 1.41 bits per heavy atom. The van der Waals surface area contributed by atoms with Crippen LogP contribution in [0.1, 0.15) is 41.4 Å². The number of carboxylic acid groups (broad SMARTS) is 1. The number of carboxylic acids is 1. The summed E-state index contributed by atoms with van der Waals surface area (Å²) in [6.45, 7) is 5.92. The number of nitrogen functional groups attached to an aromatic ring is 1. The molecular weight excluding hydrogens is 216 g/mol. The van der Waals surface area contributed by atoms with Gasteiger partial charge in [-0.15, -0.1) is 0 Å². The molecule has 0 spiro atoms. The zero-order valence-corrected chi connectivity index (χ0v) is 10.2. The number of rotatable bonds is 2. The molecule has 2 aromatic rings. The first-order chi connectivity index (χ1) is 7.93. The molecule has 0 fully saturated rings. The van der Waals surface area contributed by atoms with Crippen LogP contribution in [0.5, 0.6) is 0 Å². The van der Waals surface area contributed by atoms with Gasteiger partial charge in [-0.25, -0.2) is 4.79 Å². The van der Waals surface area contributed by atoms with Crippen molar-refractivity contribution < 1.29 is 9.90 Å². The van der Waals surface area contributed by atoms with Gasteiger partial charge in [0.25, 0.3) is 0 Å². The van der Waals surface area contributed by atoms with E-state index >= 15 is 0 Å². The predicted molar refractivity (Wildman–Crippen MR) is 68.5 cm³/mol. The summed E-state index contributed by atoms with van der Waals surface area (Å²) in [7, 11) is 0. The third-order valence-corrected chi connectivity index (χ3v) is 3.11. The number of H-pyrrole nitrogens is 1. The number of aryl methyl sites for hydroxylation is 1. The van der Waals surface area contributed by atoms with Crippen molar-refractivity contribution in [1.29, 1.82) is 0 Å². The zero-order chi connectivity index (χ0) is 12.7. The molecule has 0 saturated carbocycles. The van der Waals surface area contributed by atoms with Crippen LogP contribution in [0.25, 0.3) is 10.9 Å². The van der Waals surface area contributed by atoms with Crippen molar-refractivity contribution in [3.63, 3.8) is 0 Å². The van der Waals surface area contributed by atoms with Crippen molar-refractivity contribution in [1.82, 2.24) is 4.98 Å². The molecule has 1 heterocycles. The first kappa shape index (κ1) is 11.5. The minimum Gasteiger partial charge on any atom is -0.477 e. The number of hydrogen-bond acceptors (Lipinski definition) is 2. The lowest BCUT2D eigenvalue weighted by Gasteiger charge is -2.08. The minimum atomic E-state index is -0.951. The van der Waals surface area contributed by atoms with E-state index in [0.29, 0.717) is 17.2 Å². The summed E-state index contributed by atoms with van der Waals surface area (Å²) < 4.78 is 0. The molecule has 1 aromatic carbocycles. The Bertz CT molecular complexity index is 597. The summed E-state index contributed by atoms with van der Waals surface area (Å²) in [6.07, 6.45) is 0. The maximum Gasteiger partial charge on any atom is 0.352 e. The van der Waals surface area contributed by atoms with Crippen molar-refractivity contribution in [3.05, 3.63) is 29.0 Å². The molecule has 0 bridgehead atoms. The third-order valence-electron chi connectivity index (χ3n) is 3.11. The van der Waals surface area contributed by atoms with Gasteiger partial charge in [-0.2, -0.15) is 0 Å². The summed E-state index contributed by atoms with van der Waals surface area (Å²) in [5.41, 5.74) is 9.40. The summed E-state index contributed by atoms with van der Waals surface area (Å²) in [5.74, 6) is -0.634. The van der Waals surface area contributed by atoms with Crippen molar-refractivity contribution in [2.45, 2.75) is 26.7 Å². The van der Waals surface area contributed by atoms with E-state index in [2.05, 4.69) is 18.8 Å². The van der Waals surface area contributed by atoms with Crippen molar-refractivity contribution in [2.24, 2.45) is 0 Å². The molecular formula is C13H16N2O2. The van der Waals surface area contributed by atoms with E-state index in [1.807, 2.05) is 12.1 Å². The Morgan fingerprint density at radius 3 is 2.59 bits per heavy atom. The highest BCUT2D eigenvalue weighted by Crippen LogP contribution is 2.32. The molecule has 2 rings (SSSR count). The maximum absolute atomic E-state index is 11.1. The fourth-order valence-electron chi connectivity index (χ4n) is 2.21. The van der Waals surface area contributed by atoms with Crippen LogP contribution in [0.3, 0.4) is 0 Å². The normalized spacial score (nSPS) is 11.3. The Morgan fingerprint density at radius 2 is 2.06 bits per heavy atom. The predicted octanol–water partition coefficient (Wildman–Crippen LogP) is 2.88. The monoisotopic (exact) mass is 232 g/mol. The van der Waals surface area contributed by atoms with Gasteiger partial charge in [0.1, 0.15) is 5.69 Å². The smallest absolute Gasteiger partial charge is 0.352 e. The molecule has 4 N–H and O–H groups in total. The number of carbonyl (C=O) groups is 1. The molecule has 0 amide bonds. The second kappa shape index (κ2) is 3.80. The molecule has 0 atom stereocenters. The lowest BCUT2D eigenvalue weighted by atomic mass is 9.98. The topological polar surface area (TPSA) is 79.1 Å². The van der Waals surface area contributed by atoms with Gasteiger partial charge in [0.15, 0.2) is 0 Å². The highest BCUT2D eigenvalue weighted by molar-refractivity contribution is 6.03. The van der Waals surface area contributed by atoms with E-state index in [9.17, 15) is 4.79 Å². The highest BCUT2D eigenvalue weighted by atomic mass is 16.4. The van der Waals surface area contributed by atoms with E-state index in [1.54, 1.807) is 6.92 Å². The number of aromatic amines is 1. The fourth-order valence-corrected chi connectivity index (χ4v) is 2.21. The molecule has 90 valence electrons. The number of hydrogen-bond donors (Lipinski definition) is 3. The van der Waals surface area contributed by atoms with Crippen LogP contribution < -0.4 is 5.73 Å². The second-order valence-electron chi connectivity index (χ2n) is 4.58. The van der Waals surface area contributed by atoms with Crippen LogP contribution in [0.15, 0.2) is 12.1 Å². The molecule has 0 aliphatic rings. The summed E-state index contributed by atoms with van der Waals surface area (Å²) >= 11 is 0. The number of fused-ring (bicyclic) bond motifs is 1. The summed E-state index contributed by atoms with van der Waals surface area (Å²) in [5, 5.41) is 9.94. The van der Waals surface area contributed by atoms with Crippen LogP contribution in [-0.2, 0) is 0 Å². The number of benzene rings is 1. The van der Waals surface area contributed by atoms with Crippen LogP contribution in [0.4, 0.5) is 5.69 Å². The lowest BCUT2D eigenvalue weighted by Crippen LogP contribution is -1.98. The lowest BCUT2D eigenvalue weighted by molar-refractivity contribution is 0.0691. The highest BCUT2D eigenvalue weighted by Gasteiger charge is 2.18. The molecule has 0 radical (unpaired) electrons. The SMILES string of the molecule is Cc1c(C(=O)O)[nH]c2c(C(C)C)ccc(N)c12. The van der Waals surface area contributed by atoms with Gasteiger partial charge >= 0.3 is 5.97 Å². The first-order valence-electron chi connectivity index (χ1n) is 5.57. The van der Waals surface area contributed by atoms with E-state index in [4.69, 9.17) is 10.8 Å². The first-order valence-corrected chi connectivity index (χ1v) is 5.57. The minimum absolute atomic E-state index is 0.222. The molecule has 0 aliphatic heterocycles. The number of nitrogens with one attached hydrogen (secondary N) is 1. The van der Waals surface area contributed by atoms with Crippen molar-refractivity contribution in [2.75, 3.05) is 5.73 Å². The molecule has 0 saturated heterocycles. The van der Waals surface area contributed by atoms with E-state index in [1.165, 1.54) is 0 Å². The van der Waals surface area contributed by atoms with Crippen LogP contribution in [0, 0.1) is 6.92 Å². The van der Waals surface area contributed by atoms with Gasteiger partial charge in [0, 0.05) is 11.1 Å². The average molecular weight is 232 g/mol. The van der Waals surface area contributed by atoms with Gasteiger partial charge in [-0.05, 0) is 30.0 Å². The molecule has 4 nitrogen and oxygen atoms in total.